The van der Waals surface area contributed by atoms with E-state index >= 15 is 0 Å². The third-order valence-corrected chi connectivity index (χ3v) is 3.99. The minimum atomic E-state index is -0.973. The highest BCUT2D eigenvalue weighted by molar-refractivity contribution is 4.63. The molecule has 4 nitrogen and oxygen atoms in total. The largest absolute Gasteiger partial charge is 0.356 e. The average Bonchev–Trinajstić information content (AvgIpc) is 2.44. The summed E-state index contributed by atoms with van der Waals surface area (Å²) in [7, 11) is 0. The number of ether oxygens (including phenoxy) is 1. The van der Waals surface area contributed by atoms with Gasteiger partial charge in [-0.2, -0.15) is 0 Å². The van der Waals surface area contributed by atoms with E-state index in [0.717, 1.165) is 12.8 Å². The second kappa shape index (κ2) is 12.6. The molecule has 0 saturated heterocycles. The summed E-state index contributed by atoms with van der Waals surface area (Å²) in [4.78, 5) is 0. The molecule has 0 aromatic rings. The van der Waals surface area contributed by atoms with E-state index in [-0.39, 0.29) is 5.23 Å². The third kappa shape index (κ3) is 9.70. The van der Waals surface area contributed by atoms with Gasteiger partial charge in [0, 0.05) is 6.61 Å². The zero-order valence-corrected chi connectivity index (χ0v) is 13.7. The van der Waals surface area contributed by atoms with Crippen molar-refractivity contribution in [2.75, 3.05) is 6.61 Å². The molecule has 0 aliphatic carbocycles. The Morgan fingerprint density at radius 1 is 0.800 bits per heavy atom. The highest BCUT2D eigenvalue weighted by Crippen LogP contribution is 2.18. The summed E-state index contributed by atoms with van der Waals surface area (Å²) < 4.78 is 5.54. The van der Waals surface area contributed by atoms with Crippen LogP contribution in [0.2, 0.25) is 0 Å². The molecule has 0 spiro atoms. The molecule has 0 aromatic carbocycles. The van der Waals surface area contributed by atoms with Gasteiger partial charge >= 0.3 is 0 Å². The summed E-state index contributed by atoms with van der Waals surface area (Å²) >= 11 is 0. The summed E-state index contributed by atoms with van der Waals surface area (Å²) in [6.07, 6.45) is 13.4. The molecule has 2 N–H and O–H groups in total. The summed E-state index contributed by atoms with van der Waals surface area (Å²) in [5.74, 6) is 0. The van der Waals surface area contributed by atoms with Crippen LogP contribution < -0.4 is 0 Å². The number of rotatable bonds is 14. The van der Waals surface area contributed by atoms with Crippen LogP contribution >= 0.6 is 0 Å². The van der Waals surface area contributed by atoms with Gasteiger partial charge in [-0.05, 0) is 25.0 Å². The van der Waals surface area contributed by atoms with E-state index in [1.807, 2.05) is 6.92 Å². The molecule has 0 radical (unpaired) electrons. The lowest BCUT2D eigenvalue weighted by molar-refractivity contribution is -0.417. The second-order valence-electron chi connectivity index (χ2n) is 5.85. The second-order valence-corrected chi connectivity index (χ2v) is 5.85. The normalized spacial score (nSPS) is 14.7. The van der Waals surface area contributed by atoms with E-state index in [1.165, 1.54) is 51.4 Å². The molecule has 0 aliphatic rings. The van der Waals surface area contributed by atoms with Crippen molar-refractivity contribution in [3.63, 3.8) is 0 Å². The summed E-state index contributed by atoms with van der Waals surface area (Å²) in [6.45, 7) is 6.39. The number of hydrogen-bond donors (Lipinski definition) is 2. The van der Waals surface area contributed by atoms with Crippen molar-refractivity contribution >= 4 is 0 Å². The Labute approximate surface area is 125 Å². The van der Waals surface area contributed by atoms with Gasteiger partial charge in [-0.25, -0.2) is 0 Å². The van der Waals surface area contributed by atoms with Crippen molar-refractivity contribution in [3.8, 4) is 0 Å². The fraction of sp³-hybridized carbons (Fsp3) is 1.00. The molecule has 0 rings (SSSR count). The Balaban J connectivity index is 3.32. The molecule has 20 heavy (non-hydrogen) atoms. The van der Waals surface area contributed by atoms with Gasteiger partial charge in [-0.15, -0.1) is 0 Å². The van der Waals surface area contributed by atoms with Gasteiger partial charge < -0.3 is 4.74 Å². The molecule has 0 aliphatic heterocycles. The predicted octanol–water partition coefficient (Wildman–Crippen LogP) is 5.13. The maximum atomic E-state index is 9.10. The summed E-state index contributed by atoms with van der Waals surface area (Å²) in [5.41, 5.74) is -0.973. The minimum Gasteiger partial charge on any atom is -0.356 e. The van der Waals surface area contributed by atoms with Crippen molar-refractivity contribution in [2.24, 2.45) is 0 Å². The van der Waals surface area contributed by atoms with Crippen molar-refractivity contribution < 1.29 is 15.2 Å². The van der Waals surface area contributed by atoms with Gasteiger partial charge in [0.2, 0.25) is 0 Å². The quantitative estimate of drug-likeness (QED) is 0.264. The van der Waals surface area contributed by atoms with Crippen molar-refractivity contribution in [1.29, 1.82) is 0 Å². The Bertz CT molecular complexity index is 212. The molecule has 0 saturated carbocycles. The van der Waals surface area contributed by atoms with Crippen molar-refractivity contribution in [2.45, 2.75) is 97.1 Å². The van der Waals surface area contributed by atoms with Crippen LogP contribution in [0.25, 0.3) is 0 Å². The molecule has 122 valence electrons. The zero-order valence-electron chi connectivity index (χ0n) is 13.7. The van der Waals surface area contributed by atoms with E-state index in [2.05, 4.69) is 6.92 Å². The maximum Gasteiger partial charge on any atom is 0.167 e. The topological polar surface area (TPSA) is 52.9 Å². The number of hydroxylamine groups is 2. The van der Waals surface area contributed by atoms with Gasteiger partial charge in [-0.1, -0.05) is 71.6 Å². The van der Waals surface area contributed by atoms with Gasteiger partial charge in [-0.3, -0.25) is 10.4 Å². The summed E-state index contributed by atoms with van der Waals surface area (Å²) in [5, 5.41) is 18.4. The molecule has 0 fully saturated rings. The van der Waals surface area contributed by atoms with Gasteiger partial charge in [0.25, 0.3) is 0 Å². The Kier molecular flexibility index (Phi) is 12.5. The van der Waals surface area contributed by atoms with Crippen LogP contribution in [0, 0.1) is 0 Å². The average molecular weight is 289 g/mol. The zero-order chi connectivity index (χ0) is 15.3. The monoisotopic (exact) mass is 289 g/mol. The molecular formula is C16H35NO3. The van der Waals surface area contributed by atoms with E-state index in [9.17, 15) is 0 Å². The first-order valence-corrected chi connectivity index (χ1v) is 8.38. The van der Waals surface area contributed by atoms with Gasteiger partial charge in [0.1, 0.15) is 0 Å². The Hall–Kier alpha value is -0.160. The number of unbranched alkanes of at least 4 members (excludes halogenated alkanes) is 9. The molecule has 1 unspecified atom stereocenters. The van der Waals surface area contributed by atoms with Crippen LogP contribution in [0.15, 0.2) is 0 Å². The van der Waals surface area contributed by atoms with Crippen LogP contribution in [0.3, 0.4) is 0 Å². The van der Waals surface area contributed by atoms with Gasteiger partial charge in [0.15, 0.2) is 5.72 Å². The summed E-state index contributed by atoms with van der Waals surface area (Å²) in [6, 6.07) is 0. The van der Waals surface area contributed by atoms with E-state index < -0.39 is 5.72 Å². The SMILES string of the molecule is CCCCCCCCCCCCOC(C)(CC)N(O)O. The molecule has 0 aromatic heterocycles. The minimum absolute atomic E-state index is 0.184. The molecular weight excluding hydrogens is 254 g/mol. The van der Waals surface area contributed by atoms with Crippen molar-refractivity contribution in [1.82, 2.24) is 5.23 Å². The van der Waals surface area contributed by atoms with Crippen LogP contribution in [-0.2, 0) is 4.74 Å². The Morgan fingerprint density at radius 2 is 1.25 bits per heavy atom. The number of hydrogen-bond acceptors (Lipinski definition) is 4. The van der Waals surface area contributed by atoms with Crippen LogP contribution in [-0.4, -0.2) is 28.0 Å². The van der Waals surface area contributed by atoms with E-state index in [4.69, 9.17) is 15.2 Å². The molecule has 0 bridgehead atoms. The van der Waals surface area contributed by atoms with Crippen molar-refractivity contribution in [3.05, 3.63) is 0 Å². The van der Waals surface area contributed by atoms with Crippen LogP contribution in [0.4, 0.5) is 0 Å². The predicted molar refractivity (Wildman–Crippen MR) is 81.9 cm³/mol. The molecule has 4 heteroatoms. The standard InChI is InChI=1S/C16H35NO3/c1-4-6-7-8-9-10-11-12-13-14-15-20-16(3,5-2)17(18)19/h18-19H,4-15H2,1-3H3. The fourth-order valence-corrected chi connectivity index (χ4v) is 2.18. The molecule has 0 heterocycles. The van der Waals surface area contributed by atoms with Crippen LogP contribution in [0.1, 0.15) is 91.4 Å². The van der Waals surface area contributed by atoms with E-state index in [0.29, 0.717) is 13.0 Å². The lowest BCUT2D eigenvalue weighted by Crippen LogP contribution is -2.44. The molecule has 0 amide bonds. The lowest BCUT2D eigenvalue weighted by Gasteiger charge is -2.31. The third-order valence-electron chi connectivity index (χ3n) is 3.99. The smallest absolute Gasteiger partial charge is 0.167 e. The Morgan fingerprint density at radius 3 is 1.65 bits per heavy atom. The molecule has 1 atom stereocenters. The van der Waals surface area contributed by atoms with Gasteiger partial charge in [0.05, 0.1) is 0 Å². The first-order chi connectivity index (χ1) is 9.56. The number of nitrogens with zero attached hydrogens (tertiary/aromatic N) is 1. The maximum absolute atomic E-state index is 9.10. The highest BCUT2D eigenvalue weighted by Gasteiger charge is 2.29. The lowest BCUT2D eigenvalue weighted by atomic mass is 10.1. The fourth-order valence-electron chi connectivity index (χ4n) is 2.18. The highest BCUT2D eigenvalue weighted by atomic mass is 16.8. The van der Waals surface area contributed by atoms with E-state index in [1.54, 1.807) is 6.92 Å². The first kappa shape index (κ1) is 19.8. The van der Waals surface area contributed by atoms with Crippen LogP contribution in [0.5, 0.6) is 0 Å². The first-order valence-electron chi connectivity index (χ1n) is 8.38.